The van der Waals surface area contributed by atoms with Crippen molar-refractivity contribution in [2.45, 2.75) is 31.8 Å². The molecule has 1 amide bonds. The van der Waals surface area contributed by atoms with E-state index < -0.39 is 6.09 Å². The van der Waals surface area contributed by atoms with Gasteiger partial charge in [-0.3, -0.25) is 0 Å². The van der Waals surface area contributed by atoms with Gasteiger partial charge in [0.25, 0.3) is 0 Å². The molecule has 0 saturated heterocycles. The number of amides is 1. The first-order valence-electron chi connectivity index (χ1n) is 8.53. The molecular weight excluding hydrogens is 320 g/mol. The number of carbonyl (C=O) groups excluding carboxylic acids is 1. The SMILES string of the molecule is COC(=O)NCCOc1cc([C@@H](C)NC2CC2)nn1-c1ccccc1. The van der Waals surface area contributed by atoms with Gasteiger partial charge in [-0.25, -0.2) is 9.48 Å². The molecule has 1 aromatic carbocycles. The molecule has 1 heterocycles. The lowest BCUT2D eigenvalue weighted by Gasteiger charge is -2.10. The van der Waals surface area contributed by atoms with Crippen molar-refractivity contribution < 1.29 is 14.3 Å². The highest BCUT2D eigenvalue weighted by Crippen LogP contribution is 2.27. The number of aromatic nitrogens is 2. The molecule has 7 heteroatoms. The molecule has 0 bridgehead atoms. The monoisotopic (exact) mass is 344 g/mol. The summed E-state index contributed by atoms with van der Waals surface area (Å²) in [5.74, 6) is 0.650. The average Bonchev–Trinajstić information content (AvgIpc) is 3.35. The van der Waals surface area contributed by atoms with Crippen LogP contribution in [0.2, 0.25) is 0 Å². The van der Waals surface area contributed by atoms with E-state index in [-0.39, 0.29) is 6.04 Å². The summed E-state index contributed by atoms with van der Waals surface area (Å²) in [6, 6.07) is 12.6. The molecule has 0 radical (unpaired) electrons. The Hall–Kier alpha value is -2.54. The molecule has 2 aromatic rings. The maximum Gasteiger partial charge on any atom is 0.406 e. The largest absolute Gasteiger partial charge is 0.476 e. The van der Waals surface area contributed by atoms with Gasteiger partial charge in [-0.05, 0) is 31.9 Å². The van der Waals surface area contributed by atoms with E-state index in [1.165, 1.54) is 20.0 Å². The summed E-state index contributed by atoms with van der Waals surface area (Å²) in [6.45, 7) is 2.80. The van der Waals surface area contributed by atoms with Crippen molar-refractivity contribution in [2.75, 3.05) is 20.3 Å². The van der Waals surface area contributed by atoms with E-state index in [4.69, 9.17) is 9.84 Å². The van der Waals surface area contributed by atoms with Crippen LogP contribution in [0.5, 0.6) is 5.88 Å². The quantitative estimate of drug-likeness (QED) is 0.719. The molecule has 0 unspecified atom stereocenters. The minimum absolute atomic E-state index is 0.160. The molecule has 134 valence electrons. The Morgan fingerprint density at radius 2 is 2.12 bits per heavy atom. The maximum absolute atomic E-state index is 11.1. The van der Waals surface area contributed by atoms with Crippen LogP contribution in [-0.2, 0) is 4.74 Å². The third-order valence-electron chi connectivity index (χ3n) is 4.01. The highest BCUT2D eigenvalue weighted by molar-refractivity contribution is 5.66. The lowest BCUT2D eigenvalue weighted by atomic mass is 10.2. The van der Waals surface area contributed by atoms with Crippen molar-refractivity contribution in [1.29, 1.82) is 0 Å². The number of rotatable bonds is 8. The number of carbonyl (C=O) groups is 1. The molecule has 1 aliphatic rings. The molecule has 1 aromatic heterocycles. The van der Waals surface area contributed by atoms with Gasteiger partial charge in [-0.2, -0.15) is 5.10 Å². The molecule has 0 aliphatic heterocycles. The van der Waals surface area contributed by atoms with Gasteiger partial charge < -0.3 is 20.1 Å². The average molecular weight is 344 g/mol. The van der Waals surface area contributed by atoms with E-state index in [1.54, 1.807) is 4.68 Å². The molecule has 7 nitrogen and oxygen atoms in total. The van der Waals surface area contributed by atoms with Crippen molar-refractivity contribution in [3.8, 4) is 11.6 Å². The van der Waals surface area contributed by atoms with Crippen LogP contribution < -0.4 is 15.4 Å². The van der Waals surface area contributed by atoms with Crippen LogP contribution in [0.1, 0.15) is 31.5 Å². The van der Waals surface area contributed by atoms with E-state index in [9.17, 15) is 4.79 Å². The lowest BCUT2D eigenvalue weighted by Crippen LogP contribution is -2.28. The number of benzene rings is 1. The minimum Gasteiger partial charge on any atom is -0.476 e. The second-order valence-electron chi connectivity index (χ2n) is 6.08. The van der Waals surface area contributed by atoms with Gasteiger partial charge in [0.2, 0.25) is 5.88 Å². The number of hydrogen-bond acceptors (Lipinski definition) is 5. The van der Waals surface area contributed by atoms with Gasteiger partial charge in [0.05, 0.1) is 25.0 Å². The van der Waals surface area contributed by atoms with Gasteiger partial charge >= 0.3 is 6.09 Å². The van der Waals surface area contributed by atoms with Crippen LogP contribution in [0.25, 0.3) is 5.69 Å². The summed E-state index contributed by atoms with van der Waals surface area (Å²) in [5.41, 5.74) is 1.87. The number of methoxy groups -OCH3 is 1. The zero-order valence-corrected chi connectivity index (χ0v) is 14.6. The van der Waals surface area contributed by atoms with Gasteiger partial charge in [-0.1, -0.05) is 18.2 Å². The summed E-state index contributed by atoms with van der Waals surface area (Å²) >= 11 is 0. The van der Waals surface area contributed by atoms with Gasteiger partial charge in [0, 0.05) is 18.2 Å². The van der Waals surface area contributed by atoms with E-state index in [0.29, 0.717) is 25.1 Å². The summed E-state index contributed by atoms with van der Waals surface area (Å²) in [6.07, 6.45) is 1.99. The molecule has 1 atom stereocenters. The smallest absolute Gasteiger partial charge is 0.406 e. The van der Waals surface area contributed by atoms with Crippen molar-refractivity contribution in [1.82, 2.24) is 20.4 Å². The first-order chi connectivity index (χ1) is 12.2. The van der Waals surface area contributed by atoms with Crippen LogP contribution >= 0.6 is 0 Å². The van der Waals surface area contributed by atoms with E-state index >= 15 is 0 Å². The highest BCUT2D eigenvalue weighted by Gasteiger charge is 2.25. The molecule has 25 heavy (non-hydrogen) atoms. The Morgan fingerprint density at radius 1 is 1.36 bits per heavy atom. The first kappa shape index (κ1) is 17.3. The fraction of sp³-hybridized carbons (Fsp3) is 0.444. The van der Waals surface area contributed by atoms with Gasteiger partial charge in [0.15, 0.2) is 0 Å². The first-order valence-corrected chi connectivity index (χ1v) is 8.53. The van der Waals surface area contributed by atoms with Crippen molar-refractivity contribution in [2.24, 2.45) is 0 Å². The van der Waals surface area contributed by atoms with Crippen LogP contribution in [-0.4, -0.2) is 42.2 Å². The number of para-hydroxylation sites is 1. The standard InChI is InChI=1S/C18H24N4O3/c1-13(20-14-8-9-14)16-12-17(25-11-10-19-18(23)24-2)22(21-16)15-6-4-3-5-7-15/h3-7,12-14,20H,8-11H2,1-2H3,(H,19,23)/t13-/m1/s1. The fourth-order valence-corrected chi connectivity index (χ4v) is 2.52. The molecule has 1 saturated carbocycles. The van der Waals surface area contributed by atoms with E-state index in [2.05, 4.69) is 22.3 Å². The Morgan fingerprint density at radius 3 is 2.80 bits per heavy atom. The normalized spacial score (nSPS) is 14.8. The molecule has 3 rings (SSSR count). The predicted molar refractivity (Wildman–Crippen MR) is 94.0 cm³/mol. The molecule has 0 spiro atoms. The van der Waals surface area contributed by atoms with Crippen LogP contribution in [0, 0.1) is 0 Å². The van der Waals surface area contributed by atoms with Crippen LogP contribution in [0.15, 0.2) is 36.4 Å². The molecule has 2 N–H and O–H groups in total. The number of alkyl carbamates (subject to hydrolysis) is 1. The highest BCUT2D eigenvalue weighted by atomic mass is 16.5. The van der Waals surface area contributed by atoms with Gasteiger partial charge in [-0.15, -0.1) is 0 Å². The van der Waals surface area contributed by atoms with E-state index in [1.807, 2.05) is 36.4 Å². The minimum atomic E-state index is -0.469. The second kappa shape index (κ2) is 8.02. The Labute approximate surface area is 147 Å². The zero-order valence-electron chi connectivity index (χ0n) is 14.6. The third kappa shape index (κ3) is 4.73. The van der Waals surface area contributed by atoms with Crippen LogP contribution in [0.3, 0.4) is 0 Å². The summed E-state index contributed by atoms with van der Waals surface area (Å²) in [4.78, 5) is 11.1. The second-order valence-corrected chi connectivity index (χ2v) is 6.08. The van der Waals surface area contributed by atoms with Gasteiger partial charge in [0.1, 0.15) is 6.61 Å². The van der Waals surface area contributed by atoms with Crippen molar-refractivity contribution in [3.05, 3.63) is 42.1 Å². The number of ether oxygens (including phenoxy) is 2. The number of nitrogens with zero attached hydrogens (tertiary/aromatic N) is 2. The number of hydrogen-bond donors (Lipinski definition) is 2. The summed E-state index contributed by atoms with van der Waals surface area (Å²) < 4.78 is 12.2. The molecular formula is C18H24N4O3. The topological polar surface area (TPSA) is 77.4 Å². The predicted octanol–water partition coefficient (Wildman–Crippen LogP) is 2.42. The lowest BCUT2D eigenvalue weighted by molar-refractivity contribution is 0.168. The van der Waals surface area contributed by atoms with Crippen molar-refractivity contribution >= 4 is 6.09 Å². The Bertz CT molecular complexity index is 698. The number of nitrogens with one attached hydrogen (secondary N) is 2. The Balaban J connectivity index is 1.71. The van der Waals surface area contributed by atoms with Crippen molar-refractivity contribution in [3.63, 3.8) is 0 Å². The summed E-state index contributed by atoms with van der Waals surface area (Å²) in [5, 5.41) is 10.9. The Kier molecular flexibility index (Phi) is 5.55. The molecule has 1 fully saturated rings. The maximum atomic E-state index is 11.1. The fourth-order valence-electron chi connectivity index (χ4n) is 2.52. The molecule has 1 aliphatic carbocycles. The third-order valence-corrected chi connectivity index (χ3v) is 4.01. The van der Waals surface area contributed by atoms with Crippen LogP contribution in [0.4, 0.5) is 4.79 Å². The van der Waals surface area contributed by atoms with E-state index in [0.717, 1.165) is 11.4 Å². The summed E-state index contributed by atoms with van der Waals surface area (Å²) in [7, 11) is 1.33. The zero-order chi connectivity index (χ0) is 17.6.